The van der Waals surface area contributed by atoms with Gasteiger partial charge in [0.05, 0.1) is 16.8 Å². The number of benzene rings is 7. The molecule has 1 unspecified atom stereocenters. The van der Waals surface area contributed by atoms with E-state index in [4.69, 9.17) is 19.4 Å². The number of rotatable bonds is 4. The van der Waals surface area contributed by atoms with Gasteiger partial charge in [-0.25, -0.2) is 15.0 Å². The van der Waals surface area contributed by atoms with Gasteiger partial charge in [0.2, 0.25) is 0 Å². The summed E-state index contributed by atoms with van der Waals surface area (Å²) in [5.41, 5.74) is 12.6. The van der Waals surface area contributed by atoms with Crippen LogP contribution in [0.5, 0.6) is 0 Å². The largest absolute Gasteiger partial charge is 0.455 e. The van der Waals surface area contributed by atoms with E-state index in [0.29, 0.717) is 5.84 Å². The van der Waals surface area contributed by atoms with Crippen LogP contribution in [0.4, 0.5) is 0 Å². The van der Waals surface area contributed by atoms with Crippen LogP contribution in [-0.2, 0) is 5.41 Å². The Morgan fingerprint density at radius 3 is 2.17 bits per heavy atom. The standard InChI is InChI=1S/C49H34N4O/c1-49(2)38-22-11-9-18-32(38)37-28-31(24-26-39(37)49)47-51-46(30-16-7-4-8-17-30)52-48(53-47)36-21-13-20-35-43-41(54-45(35)36)27-25-34-42(43)33-19-10-12-23-40(33)50-44(34)29-14-5-3-6-15-29/h3-28,46H,1-2H3,(H,51,52,53). The lowest BCUT2D eigenvalue weighted by Crippen LogP contribution is -2.33. The van der Waals surface area contributed by atoms with Crippen LogP contribution in [0.1, 0.15) is 47.8 Å². The fourth-order valence-corrected chi connectivity index (χ4v) is 8.71. The molecule has 0 spiro atoms. The zero-order valence-corrected chi connectivity index (χ0v) is 29.8. The molecule has 1 aliphatic heterocycles. The summed E-state index contributed by atoms with van der Waals surface area (Å²) in [5.74, 6) is 1.41. The van der Waals surface area contributed by atoms with Crippen molar-refractivity contribution in [1.29, 1.82) is 0 Å². The lowest BCUT2D eigenvalue weighted by atomic mass is 9.82. The van der Waals surface area contributed by atoms with E-state index in [1.54, 1.807) is 0 Å². The first-order valence-corrected chi connectivity index (χ1v) is 18.5. The fourth-order valence-electron chi connectivity index (χ4n) is 8.71. The van der Waals surface area contributed by atoms with Crippen molar-refractivity contribution in [3.8, 4) is 22.4 Å². The summed E-state index contributed by atoms with van der Waals surface area (Å²) >= 11 is 0. The number of para-hydroxylation sites is 2. The van der Waals surface area contributed by atoms with E-state index < -0.39 is 0 Å². The van der Waals surface area contributed by atoms with E-state index in [1.807, 2.05) is 12.1 Å². The van der Waals surface area contributed by atoms with E-state index in [0.717, 1.165) is 77.4 Å². The van der Waals surface area contributed by atoms with Gasteiger partial charge in [-0.15, -0.1) is 0 Å². The molecular formula is C49H34N4O. The average molecular weight is 695 g/mol. The Kier molecular flexibility index (Phi) is 6.59. The van der Waals surface area contributed by atoms with Crippen molar-refractivity contribution >= 4 is 55.3 Å². The normalized spacial score (nSPS) is 15.9. The molecular weight excluding hydrogens is 661 g/mol. The molecule has 2 aliphatic rings. The van der Waals surface area contributed by atoms with Crippen molar-refractivity contribution in [2.75, 3.05) is 0 Å². The van der Waals surface area contributed by atoms with E-state index >= 15 is 0 Å². The number of aliphatic imine (C=N–C) groups is 2. The molecule has 9 aromatic rings. The molecule has 0 saturated carbocycles. The number of nitrogens with zero attached hydrogens (tertiary/aromatic N) is 3. The zero-order valence-electron chi connectivity index (χ0n) is 29.8. The van der Waals surface area contributed by atoms with Gasteiger partial charge in [0, 0.05) is 43.5 Å². The van der Waals surface area contributed by atoms with Gasteiger partial charge in [0.1, 0.15) is 23.2 Å². The van der Waals surface area contributed by atoms with Crippen LogP contribution in [0.2, 0.25) is 0 Å². The predicted octanol–water partition coefficient (Wildman–Crippen LogP) is 11.8. The predicted molar refractivity (Wildman–Crippen MR) is 221 cm³/mol. The van der Waals surface area contributed by atoms with Gasteiger partial charge >= 0.3 is 0 Å². The average Bonchev–Trinajstić information content (AvgIpc) is 3.73. The molecule has 11 rings (SSSR count). The smallest absolute Gasteiger partial charge is 0.163 e. The summed E-state index contributed by atoms with van der Waals surface area (Å²) < 4.78 is 6.85. The molecule has 5 heteroatoms. The second-order valence-corrected chi connectivity index (χ2v) is 14.8. The quantitative estimate of drug-likeness (QED) is 0.187. The highest BCUT2D eigenvalue weighted by atomic mass is 16.3. The molecule has 3 heterocycles. The molecule has 1 aliphatic carbocycles. The zero-order chi connectivity index (χ0) is 36.0. The van der Waals surface area contributed by atoms with E-state index in [1.165, 1.54) is 22.3 Å². The summed E-state index contributed by atoms with van der Waals surface area (Å²) in [6, 6.07) is 55.2. The lowest BCUT2D eigenvalue weighted by Gasteiger charge is -2.24. The Bertz CT molecular complexity index is 3050. The first-order valence-electron chi connectivity index (χ1n) is 18.5. The number of amidine groups is 2. The van der Waals surface area contributed by atoms with Crippen LogP contribution in [-0.4, -0.2) is 16.7 Å². The van der Waals surface area contributed by atoms with E-state index in [2.05, 4.69) is 165 Å². The summed E-state index contributed by atoms with van der Waals surface area (Å²) in [4.78, 5) is 15.7. The highest BCUT2D eigenvalue weighted by Gasteiger charge is 2.35. The number of pyridine rings is 1. The van der Waals surface area contributed by atoms with Crippen molar-refractivity contribution in [1.82, 2.24) is 10.3 Å². The van der Waals surface area contributed by atoms with Crippen molar-refractivity contribution in [2.24, 2.45) is 9.98 Å². The minimum atomic E-state index is -0.338. The second-order valence-electron chi connectivity index (χ2n) is 14.8. The molecule has 1 atom stereocenters. The van der Waals surface area contributed by atoms with E-state index in [-0.39, 0.29) is 11.6 Å². The number of aromatic nitrogens is 1. The minimum Gasteiger partial charge on any atom is -0.455 e. The van der Waals surface area contributed by atoms with Crippen molar-refractivity contribution in [3.05, 3.63) is 186 Å². The van der Waals surface area contributed by atoms with Gasteiger partial charge in [-0.1, -0.05) is 141 Å². The van der Waals surface area contributed by atoms with Crippen LogP contribution in [0.25, 0.3) is 66.0 Å². The maximum Gasteiger partial charge on any atom is 0.163 e. The van der Waals surface area contributed by atoms with Gasteiger partial charge in [-0.3, -0.25) is 0 Å². The molecule has 54 heavy (non-hydrogen) atoms. The first kappa shape index (κ1) is 30.7. The minimum absolute atomic E-state index is 0.0736. The Morgan fingerprint density at radius 1 is 0.574 bits per heavy atom. The van der Waals surface area contributed by atoms with E-state index in [9.17, 15) is 0 Å². The Labute approximate surface area is 312 Å². The van der Waals surface area contributed by atoms with Crippen molar-refractivity contribution in [2.45, 2.75) is 25.4 Å². The van der Waals surface area contributed by atoms with Gasteiger partial charge in [0.25, 0.3) is 0 Å². The Balaban J connectivity index is 1.13. The number of fused-ring (bicyclic) bond motifs is 10. The van der Waals surface area contributed by atoms with Crippen molar-refractivity contribution < 1.29 is 4.42 Å². The lowest BCUT2D eigenvalue weighted by molar-refractivity contribution is 0.659. The van der Waals surface area contributed by atoms with Crippen molar-refractivity contribution in [3.63, 3.8) is 0 Å². The summed E-state index contributed by atoms with van der Waals surface area (Å²) in [5, 5.41) is 9.09. The monoisotopic (exact) mass is 694 g/mol. The Morgan fingerprint density at radius 2 is 1.30 bits per heavy atom. The fraction of sp³-hybridized carbons (Fsp3) is 0.0816. The maximum atomic E-state index is 6.85. The maximum absolute atomic E-state index is 6.85. The van der Waals surface area contributed by atoms with Gasteiger partial charge in [-0.2, -0.15) is 0 Å². The molecule has 256 valence electrons. The molecule has 0 radical (unpaired) electrons. The number of hydrogen-bond donors (Lipinski definition) is 1. The summed E-state index contributed by atoms with van der Waals surface area (Å²) in [6.45, 7) is 4.62. The third-order valence-electron chi connectivity index (χ3n) is 11.3. The molecule has 0 saturated heterocycles. The van der Waals surface area contributed by atoms with Gasteiger partial charge in [0.15, 0.2) is 5.84 Å². The van der Waals surface area contributed by atoms with Crippen LogP contribution < -0.4 is 5.32 Å². The third-order valence-corrected chi connectivity index (χ3v) is 11.3. The summed E-state index contributed by atoms with van der Waals surface area (Å²) in [6.07, 6.45) is -0.338. The molecule has 5 nitrogen and oxygen atoms in total. The second kappa shape index (κ2) is 11.6. The molecule has 1 N–H and O–H groups in total. The van der Waals surface area contributed by atoms with Crippen LogP contribution in [0.15, 0.2) is 172 Å². The Hall–Kier alpha value is -6.85. The molecule has 7 aromatic carbocycles. The van der Waals surface area contributed by atoms with Crippen LogP contribution in [0.3, 0.4) is 0 Å². The molecule has 0 bridgehead atoms. The van der Waals surface area contributed by atoms with Crippen LogP contribution >= 0.6 is 0 Å². The van der Waals surface area contributed by atoms with Gasteiger partial charge in [-0.05, 0) is 58.1 Å². The summed E-state index contributed by atoms with van der Waals surface area (Å²) in [7, 11) is 0. The van der Waals surface area contributed by atoms with Gasteiger partial charge < -0.3 is 9.73 Å². The number of hydrogen-bond acceptors (Lipinski definition) is 5. The number of furan rings is 1. The topological polar surface area (TPSA) is 62.8 Å². The molecule has 0 fully saturated rings. The highest BCUT2D eigenvalue weighted by Crippen LogP contribution is 2.49. The first-order chi connectivity index (χ1) is 26.5. The molecule has 2 aromatic heterocycles. The molecule has 0 amide bonds. The van der Waals surface area contributed by atoms with Crippen LogP contribution in [0, 0.1) is 0 Å². The highest BCUT2D eigenvalue weighted by molar-refractivity contribution is 6.30. The third kappa shape index (κ3) is 4.55. The number of nitrogens with one attached hydrogen (secondary N) is 1. The SMILES string of the molecule is CC1(C)c2ccccc2-c2cc(C3=NC(c4cccc5c4oc4ccc6c(-c7ccccc7)nc7ccccc7c6c45)=NC(c4ccccc4)N3)ccc21.